The van der Waals surface area contributed by atoms with Crippen LogP contribution in [0, 0.1) is 5.82 Å². The first-order chi connectivity index (χ1) is 8.72. The number of ether oxygens (including phenoxy) is 1. The molecule has 0 spiro atoms. The van der Waals surface area contributed by atoms with E-state index in [-0.39, 0.29) is 11.9 Å². The molecule has 0 fully saturated rings. The van der Waals surface area contributed by atoms with E-state index in [9.17, 15) is 4.39 Å². The van der Waals surface area contributed by atoms with E-state index in [1.165, 1.54) is 12.1 Å². The second-order valence-corrected chi connectivity index (χ2v) is 4.64. The lowest BCUT2D eigenvalue weighted by Crippen LogP contribution is -2.23. The van der Waals surface area contributed by atoms with Gasteiger partial charge < -0.3 is 10.1 Å². The van der Waals surface area contributed by atoms with Gasteiger partial charge in [0.25, 0.3) is 0 Å². The summed E-state index contributed by atoms with van der Waals surface area (Å²) in [4.78, 5) is 0. The summed E-state index contributed by atoms with van der Waals surface area (Å²) in [6, 6.07) is 11.9. The average Bonchev–Trinajstić information content (AvgIpc) is 2.38. The smallest absolute Gasteiger partial charge is 0.142 e. The standard InChI is InChI=1S/C14H11ClFNO/c15-10-3-6-14-12(7-10)17-13(8-18-14)9-1-4-11(16)5-2-9/h1-7,13,17H,8H2/t13-/m0/s1. The summed E-state index contributed by atoms with van der Waals surface area (Å²) in [6.07, 6.45) is 0. The topological polar surface area (TPSA) is 21.3 Å². The van der Waals surface area contributed by atoms with Crippen LogP contribution in [0.2, 0.25) is 5.02 Å². The first kappa shape index (κ1) is 11.4. The Hall–Kier alpha value is -1.74. The van der Waals surface area contributed by atoms with E-state index in [0.29, 0.717) is 11.6 Å². The fraction of sp³-hybridized carbons (Fsp3) is 0.143. The zero-order valence-electron chi connectivity index (χ0n) is 9.49. The molecule has 0 saturated heterocycles. The highest BCUT2D eigenvalue weighted by molar-refractivity contribution is 6.30. The summed E-state index contributed by atoms with van der Waals surface area (Å²) < 4.78 is 18.5. The summed E-state index contributed by atoms with van der Waals surface area (Å²) in [5, 5.41) is 4.00. The van der Waals surface area contributed by atoms with E-state index in [4.69, 9.17) is 16.3 Å². The molecule has 0 radical (unpaired) electrons. The Morgan fingerprint density at radius 1 is 1.17 bits per heavy atom. The third-order valence-electron chi connectivity index (χ3n) is 2.95. The molecule has 4 heteroatoms. The molecule has 2 aromatic rings. The number of benzene rings is 2. The normalized spacial score (nSPS) is 17.6. The van der Waals surface area contributed by atoms with Crippen LogP contribution in [-0.2, 0) is 0 Å². The van der Waals surface area contributed by atoms with Crippen LogP contribution >= 0.6 is 11.6 Å². The molecule has 1 aliphatic heterocycles. The van der Waals surface area contributed by atoms with Gasteiger partial charge >= 0.3 is 0 Å². The van der Waals surface area contributed by atoms with Gasteiger partial charge in [0.15, 0.2) is 0 Å². The van der Waals surface area contributed by atoms with Gasteiger partial charge in [-0.3, -0.25) is 0 Å². The van der Waals surface area contributed by atoms with Crippen molar-refractivity contribution in [2.75, 3.05) is 11.9 Å². The van der Waals surface area contributed by atoms with Crippen molar-refractivity contribution in [2.24, 2.45) is 0 Å². The van der Waals surface area contributed by atoms with Gasteiger partial charge in [0.1, 0.15) is 18.2 Å². The molecule has 1 aliphatic rings. The highest BCUT2D eigenvalue weighted by Gasteiger charge is 2.20. The first-order valence-corrected chi connectivity index (χ1v) is 6.04. The van der Waals surface area contributed by atoms with Gasteiger partial charge in [-0.25, -0.2) is 4.39 Å². The van der Waals surface area contributed by atoms with Gasteiger partial charge in [0, 0.05) is 5.02 Å². The van der Waals surface area contributed by atoms with Crippen molar-refractivity contribution in [3.63, 3.8) is 0 Å². The first-order valence-electron chi connectivity index (χ1n) is 5.67. The molecule has 0 aromatic heterocycles. The molecule has 0 saturated carbocycles. The Morgan fingerprint density at radius 2 is 1.94 bits per heavy atom. The van der Waals surface area contributed by atoms with Crippen LogP contribution in [0.1, 0.15) is 11.6 Å². The SMILES string of the molecule is Fc1ccc([C@@H]2COc3ccc(Cl)cc3N2)cc1. The average molecular weight is 264 g/mol. The van der Waals surface area contributed by atoms with Gasteiger partial charge in [0.05, 0.1) is 11.7 Å². The van der Waals surface area contributed by atoms with Crippen molar-refractivity contribution in [3.8, 4) is 5.75 Å². The van der Waals surface area contributed by atoms with E-state index in [1.807, 2.05) is 12.1 Å². The summed E-state index contributed by atoms with van der Waals surface area (Å²) in [6.45, 7) is 0.514. The van der Waals surface area contributed by atoms with Gasteiger partial charge in [-0.1, -0.05) is 23.7 Å². The van der Waals surface area contributed by atoms with Crippen LogP contribution in [0.15, 0.2) is 42.5 Å². The highest BCUT2D eigenvalue weighted by Crippen LogP contribution is 2.35. The Labute approximate surface area is 109 Å². The molecule has 92 valence electrons. The van der Waals surface area contributed by atoms with E-state index in [2.05, 4.69) is 5.32 Å². The lowest BCUT2D eigenvalue weighted by Gasteiger charge is -2.27. The highest BCUT2D eigenvalue weighted by atomic mass is 35.5. The van der Waals surface area contributed by atoms with E-state index >= 15 is 0 Å². The summed E-state index contributed by atoms with van der Waals surface area (Å²) in [5.74, 6) is 0.552. The maximum absolute atomic E-state index is 12.9. The minimum Gasteiger partial charge on any atom is -0.489 e. The maximum Gasteiger partial charge on any atom is 0.142 e. The van der Waals surface area contributed by atoms with Crippen molar-refractivity contribution in [2.45, 2.75) is 6.04 Å². The van der Waals surface area contributed by atoms with Crippen LogP contribution in [0.5, 0.6) is 5.75 Å². The van der Waals surface area contributed by atoms with E-state index < -0.39 is 0 Å². The number of fused-ring (bicyclic) bond motifs is 1. The molecule has 18 heavy (non-hydrogen) atoms. The maximum atomic E-state index is 12.9. The zero-order valence-corrected chi connectivity index (χ0v) is 10.2. The largest absolute Gasteiger partial charge is 0.489 e. The van der Waals surface area contributed by atoms with Crippen LogP contribution in [0.4, 0.5) is 10.1 Å². The quantitative estimate of drug-likeness (QED) is 0.839. The predicted octanol–water partition coefficient (Wildman–Crippen LogP) is 4.02. The third kappa shape index (κ3) is 2.14. The van der Waals surface area contributed by atoms with E-state index in [0.717, 1.165) is 17.0 Å². The molecule has 0 aliphatic carbocycles. The molecule has 1 atom stereocenters. The fourth-order valence-electron chi connectivity index (χ4n) is 2.02. The molecule has 2 aromatic carbocycles. The van der Waals surface area contributed by atoms with Gasteiger partial charge in [-0.15, -0.1) is 0 Å². The Morgan fingerprint density at radius 3 is 2.72 bits per heavy atom. The van der Waals surface area contributed by atoms with Gasteiger partial charge in [-0.05, 0) is 35.9 Å². The van der Waals surface area contributed by atoms with Crippen molar-refractivity contribution >= 4 is 17.3 Å². The Kier molecular flexibility index (Phi) is 2.84. The minimum atomic E-state index is -0.237. The lowest BCUT2D eigenvalue weighted by molar-refractivity contribution is 0.286. The number of halogens is 2. The molecule has 1 N–H and O–H groups in total. The monoisotopic (exact) mass is 263 g/mol. The van der Waals surface area contributed by atoms with E-state index in [1.54, 1.807) is 18.2 Å². The Balaban J connectivity index is 1.88. The van der Waals surface area contributed by atoms with Crippen molar-refractivity contribution in [1.29, 1.82) is 0 Å². The van der Waals surface area contributed by atoms with Crippen molar-refractivity contribution in [3.05, 3.63) is 58.9 Å². The molecule has 1 heterocycles. The predicted molar refractivity (Wildman–Crippen MR) is 69.7 cm³/mol. The molecule has 0 amide bonds. The second-order valence-electron chi connectivity index (χ2n) is 4.20. The number of hydrogen-bond acceptors (Lipinski definition) is 2. The summed E-state index contributed by atoms with van der Waals surface area (Å²) in [7, 11) is 0. The van der Waals surface area contributed by atoms with Crippen LogP contribution in [0.25, 0.3) is 0 Å². The molecular formula is C14H11ClFNO. The zero-order chi connectivity index (χ0) is 12.5. The van der Waals surface area contributed by atoms with Crippen LogP contribution in [0.3, 0.4) is 0 Å². The van der Waals surface area contributed by atoms with Gasteiger partial charge in [0.2, 0.25) is 0 Å². The molecule has 3 rings (SSSR count). The molecule has 0 unspecified atom stereocenters. The van der Waals surface area contributed by atoms with Crippen LogP contribution < -0.4 is 10.1 Å². The molecule has 0 bridgehead atoms. The lowest BCUT2D eigenvalue weighted by atomic mass is 10.1. The van der Waals surface area contributed by atoms with Crippen molar-refractivity contribution in [1.82, 2.24) is 0 Å². The summed E-state index contributed by atoms with van der Waals surface area (Å²) >= 11 is 5.95. The van der Waals surface area contributed by atoms with Crippen molar-refractivity contribution < 1.29 is 9.13 Å². The third-order valence-corrected chi connectivity index (χ3v) is 3.18. The molecule has 2 nitrogen and oxygen atoms in total. The minimum absolute atomic E-state index is 0.0107. The number of anilines is 1. The Bertz CT molecular complexity index is 571. The van der Waals surface area contributed by atoms with Crippen LogP contribution in [-0.4, -0.2) is 6.61 Å². The molecular weight excluding hydrogens is 253 g/mol. The summed E-state index contributed by atoms with van der Waals surface area (Å²) in [5.41, 5.74) is 1.85. The number of nitrogens with one attached hydrogen (secondary N) is 1. The second kappa shape index (κ2) is 4.50. The van der Waals surface area contributed by atoms with Gasteiger partial charge in [-0.2, -0.15) is 0 Å². The fourth-order valence-corrected chi connectivity index (χ4v) is 2.19. The number of hydrogen-bond donors (Lipinski definition) is 1. The number of rotatable bonds is 1.